The van der Waals surface area contributed by atoms with Gasteiger partial charge in [-0.3, -0.25) is 15.0 Å². The third kappa shape index (κ3) is 4.69. The van der Waals surface area contributed by atoms with Gasteiger partial charge in [0.15, 0.2) is 0 Å². The van der Waals surface area contributed by atoms with E-state index in [0.29, 0.717) is 0 Å². The largest absolute Gasteiger partial charge is 0.468 e. The number of likely N-dealkylation sites (tertiary alicyclic amines) is 1. The summed E-state index contributed by atoms with van der Waals surface area (Å²) in [5, 5.41) is 6.07. The highest BCUT2D eigenvalue weighted by Gasteiger charge is 2.12. The number of hydrogen-bond donors (Lipinski definition) is 2. The maximum atomic E-state index is 12.0. The molecular weight excluding hydrogens is 302 g/mol. The van der Waals surface area contributed by atoms with Gasteiger partial charge >= 0.3 is 0 Å². The fraction of sp³-hybridized carbons (Fsp3) is 0.421. The number of hydrogen-bond acceptors (Lipinski definition) is 4. The molecule has 1 aliphatic heterocycles. The van der Waals surface area contributed by atoms with Crippen LogP contribution in [0.3, 0.4) is 0 Å². The molecule has 1 aromatic heterocycles. The molecule has 1 amide bonds. The molecule has 5 heteroatoms. The van der Waals surface area contributed by atoms with Crippen LogP contribution in [0.25, 0.3) is 0 Å². The summed E-state index contributed by atoms with van der Waals surface area (Å²) in [4.78, 5) is 14.5. The highest BCUT2D eigenvalue weighted by molar-refractivity contribution is 5.92. The van der Waals surface area contributed by atoms with Crippen LogP contribution in [-0.2, 0) is 11.3 Å². The molecule has 0 radical (unpaired) electrons. The SMILES string of the molecule is C[C@H](NCC(=O)Nc1ccc(CN2CCCC2)cc1)c1ccco1. The van der Waals surface area contributed by atoms with Crippen molar-refractivity contribution in [1.82, 2.24) is 10.2 Å². The monoisotopic (exact) mass is 327 g/mol. The summed E-state index contributed by atoms with van der Waals surface area (Å²) >= 11 is 0. The van der Waals surface area contributed by atoms with E-state index in [1.54, 1.807) is 6.26 Å². The van der Waals surface area contributed by atoms with Crippen LogP contribution in [0.15, 0.2) is 47.1 Å². The molecule has 0 aliphatic carbocycles. The van der Waals surface area contributed by atoms with E-state index in [0.717, 1.165) is 18.0 Å². The Morgan fingerprint density at radius 2 is 1.96 bits per heavy atom. The van der Waals surface area contributed by atoms with E-state index in [4.69, 9.17) is 4.42 Å². The average Bonchev–Trinajstić information content (AvgIpc) is 3.28. The Hall–Kier alpha value is -2.11. The Morgan fingerprint density at radius 1 is 1.21 bits per heavy atom. The minimum absolute atomic E-state index is 0.00795. The van der Waals surface area contributed by atoms with Crippen molar-refractivity contribution in [2.75, 3.05) is 25.0 Å². The van der Waals surface area contributed by atoms with Gasteiger partial charge in [0.1, 0.15) is 5.76 Å². The van der Waals surface area contributed by atoms with Gasteiger partial charge in [0.25, 0.3) is 0 Å². The maximum Gasteiger partial charge on any atom is 0.238 e. The van der Waals surface area contributed by atoms with E-state index in [1.165, 1.54) is 31.5 Å². The van der Waals surface area contributed by atoms with Gasteiger partial charge in [-0.2, -0.15) is 0 Å². The summed E-state index contributed by atoms with van der Waals surface area (Å²) in [6, 6.07) is 11.9. The fourth-order valence-corrected chi connectivity index (χ4v) is 2.98. The van der Waals surface area contributed by atoms with E-state index < -0.39 is 0 Å². The number of nitrogens with one attached hydrogen (secondary N) is 2. The molecule has 0 bridgehead atoms. The second-order valence-electron chi connectivity index (χ2n) is 6.35. The molecule has 1 aromatic carbocycles. The molecule has 3 rings (SSSR count). The third-order valence-electron chi connectivity index (χ3n) is 4.38. The molecule has 0 spiro atoms. The van der Waals surface area contributed by atoms with Crippen molar-refractivity contribution in [3.05, 3.63) is 54.0 Å². The molecule has 0 saturated carbocycles. The lowest BCUT2D eigenvalue weighted by molar-refractivity contribution is -0.115. The van der Waals surface area contributed by atoms with Crippen molar-refractivity contribution in [2.45, 2.75) is 32.4 Å². The van der Waals surface area contributed by atoms with Crippen LogP contribution in [-0.4, -0.2) is 30.4 Å². The van der Waals surface area contributed by atoms with Gasteiger partial charge < -0.3 is 9.73 Å². The number of rotatable bonds is 7. The quantitative estimate of drug-likeness (QED) is 0.820. The van der Waals surface area contributed by atoms with Crippen molar-refractivity contribution in [3.8, 4) is 0 Å². The maximum absolute atomic E-state index is 12.0. The molecule has 2 N–H and O–H groups in total. The van der Waals surface area contributed by atoms with Gasteiger partial charge in [0.2, 0.25) is 5.91 Å². The number of nitrogens with zero attached hydrogens (tertiary/aromatic N) is 1. The van der Waals surface area contributed by atoms with Gasteiger partial charge in [0.05, 0.1) is 18.8 Å². The molecule has 2 aromatic rings. The second-order valence-corrected chi connectivity index (χ2v) is 6.35. The lowest BCUT2D eigenvalue weighted by Gasteiger charge is -2.15. The van der Waals surface area contributed by atoms with Gasteiger partial charge in [-0.1, -0.05) is 12.1 Å². The number of carbonyl (C=O) groups is 1. The first-order chi connectivity index (χ1) is 11.7. The molecule has 5 nitrogen and oxygen atoms in total. The Morgan fingerprint density at radius 3 is 2.62 bits per heavy atom. The molecule has 24 heavy (non-hydrogen) atoms. The normalized spacial score (nSPS) is 16.2. The van der Waals surface area contributed by atoms with Crippen molar-refractivity contribution in [2.24, 2.45) is 0 Å². The van der Waals surface area contributed by atoms with Crippen LogP contribution in [0.1, 0.15) is 37.1 Å². The lowest BCUT2D eigenvalue weighted by Crippen LogP contribution is -2.29. The minimum atomic E-state index is -0.0549. The van der Waals surface area contributed by atoms with Gasteiger partial charge in [-0.25, -0.2) is 0 Å². The number of furan rings is 1. The van der Waals surface area contributed by atoms with Crippen LogP contribution < -0.4 is 10.6 Å². The van der Waals surface area contributed by atoms with Gasteiger partial charge in [0, 0.05) is 12.2 Å². The number of benzene rings is 1. The average molecular weight is 327 g/mol. The van der Waals surface area contributed by atoms with E-state index in [2.05, 4.69) is 27.7 Å². The summed E-state index contributed by atoms with van der Waals surface area (Å²) < 4.78 is 5.32. The summed E-state index contributed by atoms with van der Waals surface area (Å²) in [6.45, 7) is 5.60. The van der Waals surface area contributed by atoms with E-state index in [-0.39, 0.29) is 18.5 Å². The van der Waals surface area contributed by atoms with Crippen LogP contribution in [0.5, 0.6) is 0 Å². The minimum Gasteiger partial charge on any atom is -0.468 e. The van der Waals surface area contributed by atoms with Crippen molar-refractivity contribution in [1.29, 1.82) is 0 Å². The van der Waals surface area contributed by atoms with Crippen molar-refractivity contribution in [3.63, 3.8) is 0 Å². The number of anilines is 1. The molecule has 2 heterocycles. The number of carbonyl (C=O) groups excluding carboxylic acids is 1. The van der Waals surface area contributed by atoms with E-state index in [9.17, 15) is 4.79 Å². The first-order valence-electron chi connectivity index (χ1n) is 8.58. The zero-order chi connectivity index (χ0) is 16.8. The summed E-state index contributed by atoms with van der Waals surface area (Å²) in [7, 11) is 0. The Bertz CT molecular complexity index is 631. The zero-order valence-corrected chi connectivity index (χ0v) is 14.1. The van der Waals surface area contributed by atoms with Gasteiger partial charge in [-0.05, 0) is 62.7 Å². The van der Waals surface area contributed by atoms with Crippen LogP contribution >= 0.6 is 0 Å². The molecule has 1 aliphatic rings. The molecule has 0 unspecified atom stereocenters. The second kappa shape index (κ2) is 8.13. The highest BCUT2D eigenvalue weighted by atomic mass is 16.3. The van der Waals surface area contributed by atoms with Crippen molar-refractivity contribution < 1.29 is 9.21 Å². The standard InChI is InChI=1S/C19H25N3O2/c1-15(18-5-4-12-24-18)20-13-19(23)21-17-8-6-16(7-9-17)14-22-10-2-3-11-22/h4-9,12,15,20H,2-3,10-11,13-14H2,1H3,(H,21,23)/t15-/m0/s1. The number of amides is 1. The molecular formula is C19H25N3O2. The van der Waals surface area contributed by atoms with Crippen LogP contribution in [0.2, 0.25) is 0 Å². The summed E-state index contributed by atoms with van der Waals surface area (Å²) in [6.07, 6.45) is 4.24. The molecule has 1 saturated heterocycles. The summed E-state index contributed by atoms with van der Waals surface area (Å²) in [5.41, 5.74) is 2.12. The first kappa shape index (κ1) is 16.7. The first-order valence-corrected chi connectivity index (χ1v) is 8.58. The predicted octanol–water partition coefficient (Wildman–Crippen LogP) is 3.16. The van der Waals surface area contributed by atoms with E-state index >= 15 is 0 Å². The van der Waals surface area contributed by atoms with E-state index in [1.807, 2.05) is 31.2 Å². The van der Waals surface area contributed by atoms with Crippen LogP contribution in [0, 0.1) is 0 Å². The zero-order valence-electron chi connectivity index (χ0n) is 14.1. The van der Waals surface area contributed by atoms with Crippen molar-refractivity contribution >= 4 is 11.6 Å². The predicted molar refractivity (Wildman–Crippen MR) is 94.7 cm³/mol. The topological polar surface area (TPSA) is 57.5 Å². The smallest absolute Gasteiger partial charge is 0.238 e. The molecule has 1 fully saturated rings. The fourth-order valence-electron chi connectivity index (χ4n) is 2.98. The molecule has 1 atom stereocenters. The van der Waals surface area contributed by atoms with Gasteiger partial charge in [-0.15, -0.1) is 0 Å². The Balaban J connectivity index is 1.44. The Kier molecular flexibility index (Phi) is 5.67. The Labute approximate surface area is 143 Å². The third-order valence-corrected chi connectivity index (χ3v) is 4.38. The van der Waals surface area contributed by atoms with Crippen LogP contribution in [0.4, 0.5) is 5.69 Å². The summed E-state index contributed by atoms with van der Waals surface area (Å²) in [5.74, 6) is 0.773. The lowest BCUT2D eigenvalue weighted by atomic mass is 10.2. The molecule has 128 valence electrons. The highest BCUT2D eigenvalue weighted by Crippen LogP contribution is 2.15.